The van der Waals surface area contributed by atoms with Crippen LogP contribution in [-0.2, 0) is 14.3 Å². The predicted octanol–water partition coefficient (Wildman–Crippen LogP) is 4.12. The fourth-order valence-corrected chi connectivity index (χ4v) is 3.51. The van der Waals surface area contributed by atoms with Crippen LogP contribution in [0.5, 0.6) is 0 Å². The number of hydrogen-bond acceptors (Lipinski definition) is 3. The second-order valence-electron chi connectivity index (χ2n) is 6.01. The van der Waals surface area contributed by atoms with Gasteiger partial charge in [0.05, 0.1) is 18.1 Å². The SMILES string of the molecule is CC(OC(=O)C1CC2OC1c1ccccc12)c1ccccc1. The van der Waals surface area contributed by atoms with E-state index in [4.69, 9.17) is 9.47 Å². The molecule has 3 nitrogen and oxygen atoms in total. The van der Waals surface area contributed by atoms with E-state index in [1.807, 2.05) is 49.4 Å². The summed E-state index contributed by atoms with van der Waals surface area (Å²) in [5, 5.41) is 0. The van der Waals surface area contributed by atoms with Crippen LogP contribution >= 0.6 is 0 Å². The molecule has 4 unspecified atom stereocenters. The maximum Gasteiger partial charge on any atom is 0.312 e. The van der Waals surface area contributed by atoms with E-state index in [-0.39, 0.29) is 30.2 Å². The Labute approximate surface area is 129 Å². The molecule has 4 atom stereocenters. The van der Waals surface area contributed by atoms with E-state index in [1.54, 1.807) is 0 Å². The van der Waals surface area contributed by atoms with Crippen LogP contribution in [0.4, 0.5) is 0 Å². The Morgan fingerprint density at radius 1 is 1.09 bits per heavy atom. The molecule has 0 spiro atoms. The summed E-state index contributed by atoms with van der Waals surface area (Å²) in [5.74, 6) is -0.343. The van der Waals surface area contributed by atoms with Crippen molar-refractivity contribution in [1.82, 2.24) is 0 Å². The van der Waals surface area contributed by atoms with Gasteiger partial charge in [-0.3, -0.25) is 4.79 Å². The Morgan fingerprint density at radius 3 is 2.55 bits per heavy atom. The maximum atomic E-state index is 12.5. The Hall–Kier alpha value is -2.13. The summed E-state index contributed by atoms with van der Waals surface area (Å²) in [5.41, 5.74) is 3.39. The molecule has 2 aliphatic rings. The van der Waals surface area contributed by atoms with Crippen LogP contribution in [0.1, 0.15) is 48.3 Å². The molecule has 4 rings (SSSR count). The highest BCUT2D eigenvalue weighted by Gasteiger charge is 2.49. The first-order valence-corrected chi connectivity index (χ1v) is 7.74. The monoisotopic (exact) mass is 294 g/mol. The van der Waals surface area contributed by atoms with Crippen LogP contribution in [0, 0.1) is 5.92 Å². The maximum absolute atomic E-state index is 12.5. The molecule has 112 valence electrons. The molecule has 0 saturated carbocycles. The largest absolute Gasteiger partial charge is 0.457 e. The number of ether oxygens (including phenoxy) is 2. The highest BCUT2D eigenvalue weighted by atomic mass is 16.6. The number of carbonyl (C=O) groups excluding carboxylic acids is 1. The molecule has 1 fully saturated rings. The van der Waals surface area contributed by atoms with Gasteiger partial charge in [-0.15, -0.1) is 0 Å². The second-order valence-corrected chi connectivity index (χ2v) is 6.01. The minimum Gasteiger partial charge on any atom is -0.457 e. The van der Waals surface area contributed by atoms with Crippen LogP contribution < -0.4 is 0 Å². The first-order valence-electron chi connectivity index (χ1n) is 7.74. The summed E-state index contributed by atoms with van der Waals surface area (Å²) < 4.78 is 11.6. The number of hydrogen-bond donors (Lipinski definition) is 0. The zero-order valence-corrected chi connectivity index (χ0v) is 12.4. The summed E-state index contributed by atoms with van der Waals surface area (Å²) in [6, 6.07) is 18.0. The zero-order valence-electron chi connectivity index (χ0n) is 12.4. The van der Waals surface area contributed by atoms with Crippen LogP contribution in [0.25, 0.3) is 0 Å². The van der Waals surface area contributed by atoms with Crippen LogP contribution in [0.3, 0.4) is 0 Å². The molecule has 0 amide bonds. The summed E-state index contributed by atoms with van der Waals surface area (Å²) in [6.07, 6.45) is 0.396. The van der Waals surface area contributed by atoms with Crippen molar-refractivity contribution in [2.75, 3.05) is 0 Å². The van der Waals surface area contributed by atoms with Gasteiger partial charge < -0.3 is 9.47 Å². The van der Waals surface area contributed by atoms with Gasteiger partial charge in [0.2, 0.25) is 0 Å². The third kappa shape index (κ3) is 2.13. The lowest BCUT2D eigenvalue weighted by atomic mass is 9.84. The number of fused-ring (bicyclic) bond motifs is 5. The summed E-state index contributed by atoms with van der Waals surface area (Å²) in [7, 11) is 0. The quantitative estimate of drug-likeness (QED) is 0.799. The van der Waals surface area contributed by atoms with Crippen molar-refractivity contribution in [3.8, 4) is 0 Å². The van der Waals surface area contributed by atoms with E-state index in [0.717, 1.165) is 17.5 Å². The van der Waals surface area contributed by atoms with E-state index in [9.17, 15) is 4.79 Å². The normalized spacial score (nSPS) is 26.5. The molecule has 2 bridgehead atoms. The fourth-order valence-electron chi connectivity index (χ4n) is 3.51. The van der Waals surface area contributed by atoms with E-state index in [0.29, 0.717) is 0 Å². The molecule has 3 heteroatoms. The first kappa shape index (κ1) is 13.5. The van der Waals surface area contributed by atoms with E-state index < -0.39 is 0 Å². The standard InChI is InChI=1S/C19H18O3/c1-12(13-7-3-2-4-8-13)21-19(20)16-11-17-14-9-5-6-10-15(14)18(16)22-17/h2-10,12,16-18H,11H2,1H3. The molecular formula is C19H18O3. The van der Waals surface area contributed by atoms with E-state index in [2.05, 4.69) is 12.1 Å². The third-order valence-electron chi connectivity index (χ3n) is 4.66. The van der Waals surface area contributed by atoms with Gasteiger partial charge in [0.25, 0.3) is 0 Å². The second kappa shape index (κ2) is 5.25. The molecule has 2 heterocycles. The van der Waals surface area contributed by atoms with Gasteiger partial charge in [0, 0.05) is 0 Å². The Kier molecular flexibility index (Phi) is 3.23. The molecule has 0 aliphatic carbocycles. The number of benzene rings is 2. The van der Waals surface area contributed by atoms with Gasteiger partial charge in [-0.05, 0) is 30.0 Å². The Bertz CT molecular complexity index is 695. The molecule has 0 aromatic heterocycles. The number of rotatable bonds is 3. The third-order valence-corrected chi connectivity index (χ3v) is 4.66. The molecule has 0 N–H and O–H groups in total. The van der Waals surface area contributed by atoms with Crippen molar-refractivity contribution in [3.05, 3.63) is 71.3 Å². The lowest BCUT2D eigenvalue weighted by Crippen LogP contribution is -2.24. The average molecular weight is 294 g/mol. The summed E-state index contributed by atoms with van der Waals surface area (Å²) in [4.78, 5) is 12.5. The van der Waals surface area contributed by atoms with E-state index in [1.165, 1.54) is 5.56 Å². The van der Waals surface area contributed by atoms with Crippen molar-refractivity contribution in [2.24, 2.45) is 5.92 Å². The Morgan fingerprint density at radius 2 is 1.77 bits per heavy atom. The molecule has 0 radical (unpaired) electrons. The minimum atomic E-state index is -0.233. The lowest BCUT2D eigenvalue weighted by molar-refractivity contribution is -0.155. The van der Waals surface area contributed by atoms with Gasteiger partial charge in [-0.1, -0.05) is 54.6 Å². The highest BCUT2D eigenvalue weighted by Crippen LogP contribution is 2.54. The lowest BCUT2D eigenvalue weighted by Gasteiger charge is -2.22. The van der Waals surface area contributed by atoms with Crippen LogP contribution in [0.15, 0.2) is 54.6 Å². The van der Waals surface area contributed by atoms with Gasteiger partial charge in [-0.2, -0.15) is 0 Å². The summed E-state index contributed by atoms with van der Waals surface area (Å²) >= 11 is 0. The van der Waals surface area contributed by atoms with Crippen molar-refractivity contribution in [2.45, 2.75) is 31.7 Å². The smallest absolute Gasteiger partial charge is 0.312 e. The minimum absolute atomic E-state index is 0.0470. The van der Waals surface area contributed by atoms with Crippen molar-refractivity contribution in [3.63, 3.8) is 0 Å². The first-order chi connectivity index (χ1) is 10.7. The topological polar surface area (TPSA) is 35.5 Å². The summed E-state index contributed by atoms with van der Waals surface area (Å²) in [6.45, 7) is 1.91. The number of esters is 1. The van der Waals surface area contributed by atoms with Crippen LogP contribution in [0.2, 0.25) is 0 Å². The molecular weight excluding hydrogens is 276 g/mol. The molecule has 22 heavy (non-hydrogen) atoms. The van der Waals surface area contributed by atoms with Gasteiger partial charge in [0.15, 0.2) is 0 Å². The van der Waals surface area contributed by atoms with Crippen molar-refractivity contribution in [1.29, 1.82) is 0 Å². The van der Waals surface area contributed by atoms with Gasteiger partial charge in [-0.25, -0.2) is 0 Å². The fraction of sp³-hybridized carbons (Fsp3) is 0.316. The van der Waals surface area contributed by atoms with Crippen molar-refractivity contribution >= 4 is 5.97 Å². The van der Waals surface area contributed by atoms with E-state index >= 15 is 0 Å². The molecule has 1 saturated heterocycles. The zero-order chi connectivity index (χ0) is 15.1. The number of carbonyl (C=O) groups is 1. The highest BCUT2D eigenvalue weighted by molar-refractivity contribution is 5.75. The molecule has 2 aromatic carbocycles. The van der Waals surface area contributed by atoms with Crippen LogP contribution in [-0.4, -0.2) is 5.97 Å². The average Bonchev–Trinajstić information content (AvgIpc) is 3.15. The molecule has 2 aliphatic heterocycles. The predicted molar refractivity (Wildman–Crippen MR) is 82.1 cm³/mol. The molecule has 2 aromatic rings. The van der Waals surface area contributed by atoms with Crippen molar-refractivity contribution < 1.29 is 14.3 Å². The Balaban J connectivity index is 1.49. The van der Waals surface area contributed by atoms with Gasteiger partial charge in [0.1, 0.15) is 6.10 Å². The van der Waals surface area contributed by atoms with Gasteiger partial charge >= 0.3 is 5.97 Å².